The second-order valence-electron chi connectivity index (χ2n) is 9.25. The molecule has 12 heteroatoms. The van der Waals surface area contributed by atoms with Gasteiger partial charge >= 0.3 is 11.9 Å². The minimum absolute atomic E-state index is 0.189. The second kappa shape index (κ2) is 29.7. The van der Waals surface area contributed by atoms with Gasteiger partial charge in [0.1, 0.15) is 13.2 Å². The number of carbonyl (C=O) groups is 2. The molecule has 0 bridgehead atoms. The van der Waals surface area contributed by atoms with Crippen molar-refractivity contribution in [2.45, 2.75) is 39.5 Å². The molecule has 0 amide bonds. The maximum absolute atomic E-state index is 12.1. The van der Waals surface area contributed by atoms with Crippen LogP contribution in [0.15, 0.2) is 24.3 Å². The molecule has 1 aromatic rings. The second-order valence-corrected chi connectivity index (χ2v) is 9.25. The predicted octanol–water partition coefficient (Wildman–Crippen LogP) is 3.51. The molecule has 0 aliphatic carbocycles. The molecule has 12 nitrogen and oxygen atoms in total. The summed E-state index contributed by atoms with van der Waals surface area (Å²) in [6.45, 7) is 11.7. The van der Waals surface area contributed by atoms with Crippen LogP contribution < -0.4 is 5.32 Å². The summed E-state index contributed by atoms with van der Waals surface area (Å²) in [7, 11) is 0. The van der Waals surface area contributed by atoms with Gasteiger partial charge in [0, 0.05) is 18.7 Å². The van der Waals surface area contributed by atoms with E-state index in [1.54, 1.807) is 12.1 Å². The van der Waals surface area contributed by atoms with Crippen LogP contribution in [0.3, 0.4) is 0 Å². The van der Waals surface area contributed by atoms with E-state index < -0.39 is 0 Å². The van der Waals surface area contributed by atoms with E-state index >= 15 is 0 Å². The third kappa shape index (κ3) is 24.8. The summed E-state index contributed by atoms with van der Waals surface area (Å²) in [4.78, 5) is 23.3. The molecule has 248 valence electrons. The highest BCUT2D eigenvalue weighted by Crippen LogP contribution is 2.10. The first-order chi connectivity index (χ1) is 21.2. The number of nitrogens with one attached hydrogen (secondary N) is 1. The molecule has 0 heterocycles. The van der Waals surface area contributed by atoms with E-state index in [2.05, 4.69) is 12.2 Å². The number of benzene rings is 1. The summed E-state index contributed by atoms with van der Waals surface area (Å²) in [6, 6.07) is 7.28. The molecule has 0 saturated heterocycles. The van der Waals surface area contributed by atoms with Crippen molar-refractivity contribution in [2.24, 2.45) is 0 Å². The molecule has 0 unspecified atom stereocenters. The van der Waals surface area contributed by atoms with Crippen molar-refractivity contribution in [3.05, 3.63) is 29.8 Å². The van der Waals surface area contributed by atoms with Crippen molar-refractivity contribution >= 4 is 17.6 Å². The molecule has 0 saturated carbocycles. The number of anilines is 1. The average Bonchev–Trinajstić information content (AvgIpc) is 3.01. The Balaban J connectivity index is 1.75. The molecule has 0 aromatic heterocycles. The molecular weight excluding hydrogens is 562 g/mol. The first-order valence-corrected chi connectivity index (χ1v) is 15.4. The fourth-order valence-electron chi connectivity index (χ4n) is 3.32. The first kappa shape index (κ1) is 38.7. The molecule has 0 aliphatic heterocycles. The summed E-state index contributed by atoms with van der Waals surface area (Å²) in [5, 5.41) is 3.31. The third-order valence-corrected chi connectivity index (χ3v) is 5.62. The van der Waals surface area contributed by atoms with Crippen LogP contribution in [-0.4, -0.2) is 124 Å². The van der Waals surface area contributed by atoms with Crippen LogP contribution in [0.5, 0.6) is 0 Å². The van der Waals surface area contributed by atoms with Gasteiger partial charge in [0.2, 0.25) is 0 Å². The van der Waals surface area contributed by atoms with E-state index in [0.29, 0.717) is 104 Å². The molecule has 1 N–H and O–H groups in total. The lowest BCUT2D eigenvalue weighted by Gasteiger charge is -2.09. The number of esters is 2. The van der Waals surface area contributed by atoms with E-state index in [1.165, 1.54) is 0 Å². The summed E-state index contributed by atoms with van der Waals surface area (Å²) >= 11 is 0. The fraction of sp³-hybridized carbons (Fsp3) is 0.742. The van der Waals surface area contributed by atoms with Crippen LogP contribution in [0, 0.1) is 0 Å². The zero-order valence-corrected chi connectivity index (χ0v) is 26.1. The summed E-state index contributed by atoms with van der Waals surface area (Å²) in [5.41, 5.74) is 1.51. The zero-order valence-electron chi connectivity index (χ0n) is 26.1. The summed E-state index contributed by atoms with van der Waals surface area (Å²) in [5.74, 6) is -0.555. The molecule has 0 spiro atoms. The molecule has 0 atom stereocenters. The van der Waals surface area contributed by atoms with Crippen molar-refractivity contribution in [1.29, 1.82) is 0 Å². The number of rotatable bonds is 31. The number of carbonyl (C=O) groups excluding carboxylic acids is 2. The largest absolute Gasteiger partial charge is 0.463 e. The Morgan fingerprint density at radius 3 is 1.33 bits per heavy atom. The zero-order chi connectivity index (χ0) is 31.1. The highest BCUT2D eigenvalue weighted by molar-refractivity contribution is 5.89. The molecule has 43 heavy (non-hydrogen) atoms. The number of hydrogen-bond acceptors (Lipinski definition) is 12. The van der Waals surface area contributed by atoms with Gasteiger partial charge in [-0.15, -0.1) is 0 Å². The minimum Gasteiger partial charge on any atom is -0.463 e. The smallest absolute Gasteiger partial charge is 0.338 e. The van der Waals surface area contributed by atoms with E-state index in [9.17, 15) is 9.59 Å². The Kier molecular flexibility index (Phi) is 26.8. The van der Waals surface area contributed by atoms with Crippen molar-refractivity contribution in [1.82, 2.24) is 0 Å². The van der Waals surface area contributed by atoms with Crippen molar-refractivity contribution < 1.29 is 52.2 Å². The fourth-order valence-corrected chi connectivity index (χ4v) is 3.32. The molecule has 1 aromatic carbocycles. The highest BCUT2D eigenvalue weighted by Gasteiger charge is 2.07. The maximum atomic E-state index is 12.1. The van der Waals surface area contributed by atoms with E-state index in [1.807, 2.05) is 19.1 Å². The molecular formula is C31H53NO11. The van der Waals surface area contributed by atoms with Crippen molar-refractivity contribution in [3.8, 4) is 0 Å². The van der Waals surface area contributed by atoms with Gasteiger partial charge in [-0.1, -0.05) is 20.3 Å². The van der Waals surface area contributed by atoms with Crippen LogP contribution in [0.1, 0.15) is 49.9 Å². The Bertz CT molecular complexity index is 780. The van der Waals surface area contributed by atoms with Gasteiger partial charge < -0.3 is 47.9 Å². The predicted molar refractivity (Wildman–Crippen MR) is 162 cm³/mol. The van der Waals surface area contributed by atoms with Crippen molar-refractivity contribution in [2.75, 3.05) is 118 Å². The Morgan fingerprint density at radius 1 is 0.535 bits per heavy atom. The van der Waals surface area contributed by atoms with E-state index in [-0.39, 0.29) is 25.2 Å². The molecule has 1 rings (SSSR count). The Morgan fingerprint density at radius 2 is 0.930 bits per heavy atom. The van der Waals surface area contributed by atoms with Gasteiger partial charge in [0.25, 0.3) is 0 Å². The lowest BCUT2D eigenvalue weighted by atomic mass is 10.2. The van der Waals surface area contributed by atoms with Crippen LogP contribution in [0.2, 0.25) is 0 Å². The molecule has 0 radical (unpaired) electrons. The maximum Gasteiger partial charge on any atom is 0.338 e. The van der Waals surface area contributed by atoms with Gasteiger partial charge in [-0.05, 0) is 37.1 Å². The minimum atomic E-state index is -0.363. The summed E-state index contributed by atoms with van der Waals surface area (Å²) < 4.78 is 48.2. The monoisotopic (exact) mass is 615 g/mol. The Labute approximate surface area is 256 Å². The number of ether oxygens (including phenoxy) is 9. The van der Waals surface area contributed by atoms with Crippen LogP contribution in [0.25, 0.3) is 0 Å². The molecule has 0 fully saturated rings. The quantitative estimate of drug-likeness (QED) is 0.0969. The SMILES string of the molecule is CCCCNc1ccc(C(=O)OCCOCCOCCOCCOCCOCCOCCOCCOC(=O)CCC)cc1. The third-order valence-electron chi connectivity index (χ3n) is 5.62. The lowest BCUT2D eigenvalue weighted by molar-refractivity contribution is -0.145. The van der Waals surface area contributed by atoms with Crippen LogP contribution >= 0.6 is 0 Å². The first-order valence-electron chi connectivity index (χ1n) is 15.4. The van der Waals surface area contributed by atoms with Crippen molar-refractivity contribution in [3.63, 3.8) is 0 Å². The van der Waals surface area contributed by atoms with Crippen LogP contribution in [0.4, 0.5) is 5.69 Å². The van der Waals surface area contributed by atoms with Gasteiger partial charge in [-0.2, -0.15) is 0 Å². The van der Waals surface area contributed by atoms with E-state index in [0.717, 1.165) is 31.5 Å². The van der Waals surface area contributed by atoms with Crippen LogP contribution in [-0.2, 0) is 47.4 Å². The number of hydrogen-bond donors (Lipinski definition) is 1. The standard InChI is InChI=1S/C31H53NO11/c1-3-5-11-32-29-9-7-28(8-10-29)31(34)43-27-25-41-23-21-39-19-17-37-15-13-35-12-14-36-16-18-38-20-22-40-24-26-42-30(33)6-4-2/h7-10,32H,3-6,11-27H2,1-2H3. The van der Waals surface area contributed by atoms with Gasteiger partial charge in [-0.25, -0.2) is 4.79 Å². The Hall–Kier alpha value is -2.32. The van der Waals surface area contributed by atoms with E-state index in [4.69, 9.17) is 42.6 Å². The normalized spacial score (nSPS) is 11.0. The average molecular weight is 616 g/mol. The topological polar surface area (TPSA) is 129 Å². The lowest BCUT2D eigenvalue weighted by Crippen LogP contribution is -2.15. The van der Waals surface area contributed by atoms with Gasteiger partial charge in [0.05, 0.1) is 98.1 Å². The molecule has 0 aliphatic rings. The van der Waals surface area contributed by atoms with Gasteiger partial charge in [-0.3, -0.25) is 4.79 Å². The number of unbranched alkanes of at least 4 members (excludes halogenated alkanes) is 1. The highest BCUT2D eigenvalue weighted by atomic mass is 16.6. The van der Waals surface area contributed by atoms with Gasteiger partial charge in [0.15, 0.2) is 0 Å². The summed E-state index contributed by atoms with van der Waals surface area (Å²) in [6.07, 6.45) is 3.46.